The van der Waals surface area contributed by atoms with E-state index in [0.29, 0.717) is 18.4 Å². The summed E-state index contributed by atoms with van der Waals surface area (Å²) in [6, 6.07) is 2.93. The third kappa shape index (κ3) is 3.53. The molecule has 1 aromatic rings. The van der Waals surface area contributed by atoms with Gasteiger partial charge >= 0.3 is 0 Å². The van der Waals surface area contributed by atoms with Gasteiger partial charge in [-0.05, 0) is 25.0 Å². The zero-order valence-electron chi connectivity index (χ0n) is 11.0. The van der Waals surface area contributed by atoms with Gasteiger partial charge in [-0.25, -0.2) is 0 Å². The highest BCUT2D eigenvalue weighted by Crippen LogP contribution is 2.29. The molecule has 1 amide bonds. The zero-order chi connectivity index (χ0) is 14.6. The maximum Gasteiger partial charge on any atom is 0.251 e. The fourth-order valence-electron chi connectivity index (χ4n) is 1.74. The number of hydrogen-bond donors (Lipinski definition) is 3. The largest absolute Gasteiger partial charge is 0.397 e. The molecular formula is C13H18Cl2N2O2. The van der Waals surface area contributed by atoms with Crippen molar-refractivity contribution in [2.45, 2.75) is 32.2 Å². The molecule has 0 atom stereocenters. The SMILES string of the molecule is CCC(CC)(CO)NC(=O)c1cc(N)c(Cl)c(Cl)c1. The van der Waals surface area contributed by atoms with E-state index in [1.807, 2.05) is 13.8 Å². The molecule has 0 heterocycles. The van der Waals surface area contributed by atoms with E-state index < -0.39 is 5.54 Å². The number of aliphatic hydroxyl groups excluding tert-OH is 1. The number of amides is 1. The average Bonchev–Trinajstić information content (AvgIpc) is 2.41. The summed E-state index contributed by atoms with van der Waals surface area (Å²) in [4.78, 5) is 12.2. The normalized spacial score (nSPS) is 11.4. The number of rotatable bonds is 5. The van der Waals surface area contributed by atoms with Crippen molar-refractivity contribution in [3.8, 4) is 0 Å². The highest BCUT2D eigenvalue weighted by atomic mass is 35.5. The van der Waals surface area contributed by atoms with Crippen molar-refractivity contribution in [2.24, 2.45) is 0 Å². The van der Waals surface area contributed by atoms with Crippen LogP contribution >= 0.6 is 23.2 Å². The lowest BCUT2D eigenvalue weighted by Crippen LogP contribution is -2.50. The lowest BCUT2D eigenvalue weighted by Gasteiger charge is -2.30. The summed E-state index contributed by atoms with van der Waals surface area (Å²) in [5, 5.41) is 12.7. The molecule has 106 valence electrons. The summed E-state index contributed by atoms with van der Waals surface area (Å²) in [5.74, 6) is -0.331. The Labute approximate surface area is 122 Å². The Morgan fingerprint density at radius 1 is 1.37 bits per heavy atom. The second-order valence-corrected chi connectivity index (χ2v) is 5.25. The molecule has 0 fully saturated rings. The van der Waals surface area contributed by atoms with E-state index in [4.69, 9.17) is 28.9 Å². The van der Waals surface area contributed by atoms with Crippen molar-refractivity contribution in [1.82, 2.24) is 5.32 Å². The lowest BCUT2D eigenvalue weighted by molar-refractivity contribution is 0.0818. The van der Waals surface area contributed by atoms with Gasteiger partial charge in [0.15, 0.2) is 0 Å². The van der Waals surface area contributed by atoms with Gasteiger partial charge in [0, 0.05) is 5.56 Å². The van der Waals surface area contributed by atoms with Crippen LogP contribution in [0.15, 0.2) is 12.1 Å². The Balaban J connectivity index is 3.01. The second-order valence-electron chi connectivity index (χ2n) is 4.46. The molecule has 1 aromatic carbocycles. The highest BCUT2D eigenvalue weighted by Gasteiger charge is 2.27. The number of nitrogens with one attached hydrogen (secondary N) is 1. The van der Waals surface area contributed by atoms with Gasteiger partial charge in [-0.1, -0.05) is 37.0 Å². The van der Waals surface area contributed by atoms with Gasteiger partial charge < -0.3 is 16.2 Å². The third-order valence-electron chi connectivity index (χ3n) is 3.35. The van der Waals surface area contributed by atoms with Crippen molar-refractivity contribution in [1.29, 1.82) is 0 Å². The fraction of sp³-hybridized carbons (Fsp3) is 0.462. The number of carbonyl (C=O) groups is 1. The third-order valence-corrected chi connectivity index (χ3v) is 4.17. The Kier molecular flexibility index (Phi) is 5.47. The molecule has 6 heteroatoms. The van der Waals surface area contributed by atoms with Crippen LogP contribution in [0.1, 0.15) is 37.0 Å². The van der Waals surface area contributed by atoms with Crippen molar-refractivity contribution in [2.75, 3.05) is 12.3 Å². The number of carbonyl (C=O) groups excluding carboxylic acids is 1. The maximum absolute atomic E-state index is 12.2. The zero-order valence-corrected chi connectivity index (χ0v) is 12.5. The van der Waals surface area contributed by atoms with Crippen LogP contribution in [0.3, 0.4) is 0 Å². The average molecular weight is 305 g/mol. The van der Waals surface area contributed by atoms with Crippen LogP contribution in [-0.4, -0.2) is 23.2 Å². The van der Waals surface area contributed by atoms with Crippen LogP contribution < -0.4 is 11.1 Å². The number of hydrogen-bond acceptors (Lipinski definition) is 3. The smallest absolute Gasteiger partial charge is 0.251 e. The number of benzene rings is 1. The molecule has 19 heavy (non-hydrogen) atoms. The van der Waals surface area contributed by atoms with Gasteiger partial charge in [0.2, 0.25) is 0 Å². The van der Waals surface area contributed by atoms with E-state index >= 15 is 0 Å². The monoisotopic (exact) mass is 304 g/mol. The molecule has 1 rings (SSSR count). The van der Waals surface area contributed by atoms with Crippen LogP contribution in [0.2, 0.25) is 10.0 Å². The Morgan fingerprint density at radius 3 is 2.37 bits per heavy atom. The van der Waals surface area contributed by atoms with Gasteiger partial charge in [0.05, 0.1) is 27.9 Å². The quantitative estimate of drug-likeness (QED) is 0.732. The molecule has 0 aliphatic rings. The minimum Gasteiger partial charge on any atom is -0.397 e. The van der Waals surface area contributed by atoms with Crippen molar-refractivity contribution >= 4 is 34.8 Å². The van der Waals surface area contributed by atoms with E-state index in [1.54, 1.807) is 0 Å². The molecular weight excluding hydrogens is 287 g/mol. The van der Waals surface area contributed by atoms with Crippen LogP contribution in [0.4, 0.5) is 5.69 Å². The standard InChI is InChI=1S/C13H18Cl2N2O2/c1-3-13(4-2,7-18)17-12(19)8-5-9(14)11(15)10(16)6-8/h5-6,18H,3-4,7,16H2,1-2H3,(H,17,19). The van der Waals surface area contributed by atoms with Crippen molar-refractivity contribution < 1.29 is 9.90 Å². The van der Waals surface area contributed by atoms with E-state index in [1.165, 1.54) is 12.1 Å². The molecule has 0 aromatic heterocycles. The molecule has 0 unspecified atom stereocenters. The first-order valence-electron chi connectivity index (χ1n) is 6.07. The summed E-state index contributed by atoms with van der Waals surface area (Å²) in [7, 11) is 0. The van der Waals surface area contributed by atoms with E-state index in [-0.39, 0.29) is 28.2 Å². The van der Waals surface area contributed by atoms with Gasteiger partial charge in [-0.15, -0.1) is 0 Å². The number of nitrogens with two attached hydrogens (primary N) is 1. The minimum atomic E-state index is -0.627. The van der Waals surface area contributed by atoms with Crippen LogP contribution in [-0.2, 0) is 0 Å². The number of nitrogen functional groups attached to an aromatic ring is 1. The predicted molar refractivity (Wildman–Crippen MR) is 78.7 cm³/mol. The van der Waals surface area contributed by atoms with E-state index in [9.17, 15) is 9.90 Å². The first-order chi connectivity index (χ1) is 8.89. The minimum absolute atomic E-state index is 0.122. The van der Waals surface area contributed by atoms with E-state index in [2.05, 4.69) is 5.32 Å². The molecule has 0 spiro atoms. The molecule has 0 radical (unpaired) electrons. The van der Waals surface area contributed by atoms with Crippen LogP contribution in [0, 0.1) is 0 Å². The summed E-state index contributed by atoms with van der Waals surface area (Å²) in [6.45, 7) is 3.69. The summed E-state index contributed by atoms with van der Waals surface area (Å²) < 4.78 is 0. The lowest BCUT2D eigenvalue weighted by atomic mass is 9.93. The molecule has 0 aliphatic heterocycles. The van der Waals surface area contributed by atoms with E-state index in [0.717, 1.165) is 0 Å². The molecule has 0 saturated carbocycles. The number of aliphatic hydroxyl groups is 1. The number of anilines is 1. The number of halogens is 2. The summed E-state index contributed by atoms with van der Waals surface area (Å²) in [5.41, 5.74) is 5.63. The first-order valence-corrected chi connectivity index (χ1v) is 6.82. The van der Waals surface area contributed by atoms with Gasteiger partial charge in [-0.2, -0.15) is 0 Å². The van der Waals surface area contributed by atoms with Crippen LogP contribution in [0.25, 0.3) is 0 Å². The Bertz CT molecular complexity index is 442. The fourth-order valence-corrected chi connectivity index (χ4v) is 2.08. The summed E-state index contributed by atoms with van der Waals surface area (Å²) >= 11 is 11.7. The van der Waals surface area contributed by atoms with Crippen LogP contribution in [0.5, 0.6) is 0 Å². The maximum atomic E-state index is 12.2. The molecule has 0 aliphatic carbocycles. The second kappa shape index (κ2) is 6.46. The molecule has 4 nitrogen and oxygen atoms in total. The predicted octanol–water partition coefficient (Wildman–Crippen LogP) is 2.86. The highest BCUT2D eigenvalue weighted by molar-refractivity contribution is 6.43. The van der Waals surface area contributed by atoms with Gasteiger partial charge in [-0.3, -0.25) is 4.79 Å². The van der Waals surface area contributed by atoms with Gasteiger partial charge in [0.25, 0.3) is 5.91 Å². The molecule has 0 saturated heterocycles. The topological polar surface area (TPSA) is 75.3 Å². The van der Waals surface area contributed by atoms with Crippen molar-refractivity contribution in [3.05, 3.63) is 27.7 Å². The van der Waals surface area contributed by atoms with Crippen molar-refractivity contribution in [3.63, 3.8) is 0 Å². The Morgan fingerprint density at radius 2 is 1.95 bits per heavy atom. The molecule has 4 N–H and O–H groups in total. The summed E-state index contributed by atoms with van der Waals surface area (Å²) in [6.07, 6.45) is 1.26. The van der Waals surface area contributed by atoms with Gasteiger partial charge in [0.1, 0.15) is 0 Å². The Hall–Kier alpha value is -0.970. The molecule has 0 bridgehead atoms. The first kappa shape index (κ1) is 16.1.